The van der Waals surface area contributed by atoms with Gasteiger partial charge in [0.25, 0.3) is 5.19 Å². The Morgan fingerprint density at radius 3 is 2.77 bits per heavy atom. The van der Waals surface area contributed by atoms with Gasteiger partial charge < -0.3 is 14.8 Å². The van der Waals surface area contributed by atoms with Gasteiger partial charge in [-0.25, -0.2) is 4.98 Å². The van der Waals surface area contributed by atoms with Crippen molar-refractivity contribution < 1.29 is 14.3 Å². The fraction of sp³-hybridized carbons (Fsp3) is 0.263. The highest BCUT2D eigenvalue weighted by Gasteiger charge is 2.15. The van der Waals surface area contributed by atoms with Crippen molar-refractivity contribution in [3.05, 3.63) is 53.1 Å². The van der Waals surface area contributed by atoms with Gasteiger partial charge in [0.05, 0.1) is 22.7 Å². The Balaban J connectivity index is 1.65. The number of benzene rings is 2. The van der Waals surface area contributed by atoms with E-state index in [4.69, 9.17) is 21.1 Å². The SMILES string of the molecule is COCCNC(=O)C(C)c1ccc(Oc2nc3ccc(Cl)cc3s2)cc1. The molecule has 1 amide bonds. The van der Waals surface area contributed by atoms with E-state index >= 15 is 0 Å². The van der Waals surface area contributed by atoms with Gasteiger partial charge in [-0.1, -0.05) is 35.1 Å². The smallest absolute Gasteiger partial charge is 0.279 e. The van der Waals surface area contributed by atoms with Crippen molar-refractivity contribution in [2.24, 2.45) is 0 Å². The summed E-state index contributed by atoms with van der Waals surface area (Å²) < 4.78 is 11.7. The number of rotatable bonds is 7. The van der Waals surface area contributed by atoms with Gasteiger partial charge in [0, 0.05) is 18.7 Å². The number of methoxy groups -OCH3 is 1. The Bertz CT molecular complexity index is 895. The van der Waals surface area contributed by atoms with E-state index in [1.807, 2.05) is 43.3 Å². The van der Waals surface area contributed by atoms with E-state index < -0.39 is 0 Å². The zero-order chi connectivity index (χ0) is 18.5. The van der Waals surface area contributed by atoms with Crippen LogP contribution in [0.2, 0.25) is 5.02 Å². The van der Waals surface area contributed by atoms with Gasteiger partial charge in [0.15, 0.2) is 0 Å². The molecule has 0 bridgehead atoms. The Labute approximate surface area is 160 Å². The Morgan fingerprint density at radius 1 is 1.27 bits per heavy atom. The van der Waals surface area contributed by atoms with Crippen LogP contribution in [-0.2, 0) is 9.53 Å². The summed E-state index contributed by atoms with van der Waals surface area (Å²) in [7, 11) is 1.61. The Kier molecular flexibility index (Phi) is 6.08. The van der Waals surface area contributed by atoms with Gasteiger partial charge in [-0.2, -0.15) is 0 Å². The number of nitrogens with one attached hydrogen (secondary N) is 1. The molecule has 0 aliphatic heterocycles. The molecule has 0 spiro atoms. The summed E-state index contributed by atoms with van der Waals surface area (Å²) in [4.78, 5) is 16.5. The first-order valence-electron chi connectivity index (χ1n) is 8.17. The van der Waals surface area contributed by atoms with Crippen molar-refractivity contribution in [3.63, 3.8) is 0 Å². The van der Waals surface area contributed by atoms with E-state index in [1.54, 1.807) is 13.2 Å². The van der Waals surface area contributed by atoms with Crippen LogP contribution in [-0.4, -0.2) is 31.2 Å². The van der Waals surface area contributed by atoms with Crippen molar-refractivity contribution in [2.75, 3.05) is 20.3 Å². The predicted molar refractivity (Wildman–Crippen MR) is 104 cm³/mol. The van der Waals surface area contributed by atoms with E-state index in [1.165, 1.54) is 11.3 Å². The lowest BCUT2D eigenvalue weighted by molar-refractivity contribution is -0.122. The highest BCUT2D eigenvalue weighted by molar-refractivity contribution is 7.20. The van der Waals surface area contributed by atoms with E-state index in [2.05, 4.69) is 10.3 Å². The summed E-state index contributed by atoms with van der Waals surface area (Å²) in [6.07, 6.45) is 0. The van der Waals surface area contributed by atoms with Crippen LogP contribution in [0.25, 0.3) is 10.2 Å². The zero-order valence-electron chi connectivity index (χ0n) is 14.5. The van der Waals surface area contributed by atoms with E-state index in [0.29, 0.717) is 29.1 Å². The van der Waals surface area contributed by atoms with Gasteiger partial charge in [0.1, 0.15) is 5.75 Å². The molecule has 3 aromatic rings. The van der Waals surface area contributed by atoms with Gasteiger partial charge in [-0.05, 0) is 42.8 Å². The maximum absolute atomic E-state index is 12.1. The number of carbonyl (C=O) groups is 1. The van der Waals surface area contributed by atoms with Crippen LogP contribution in [0.4, 0.5) is 0 Å². The van der Waals surface area contributed by atoms with Crippen LogP contribution in [0, 0.1) is 0 Å². The number of aromatic nitrogens is 1. The molecule has 1 aromatic heterocycles. The third-order valence-electron chi connectivity index (χ3n) is 3.91. The van der Waals surface area contributed by atoms with Crippen LogP contribution in [0.1, 0.15) is 18.4 Å². The quantitative estimate of drug-likeness (QED) is 0.598. The number of halogens is 1. The third kappa shape index (κ3) is 4.52. The van der Waals surface area contributed by atoms with Crippen molar-refractivity contribution >= 4 is 39.1 Å². The maximum Gasteiger partial charge on any atom is 0.279 e. The summed E-state index contributed by atoms with van der Waals surface area (Å²) in [5, 5.41) is 4.07. The number of thiazole rings is 1. The largest absolute Gasteiger partial charge is 0.431 e. The lowest BCUT2D eigenvalue weighted by atomic mass is 10.0. The molecule has 0 aliphatic rings. The molecule has 0 saturated carbocycles. The molecule has 1 N–H and O–H groups in total. The predicted octanol–water partition coefficient (Wildman–Crippen LogP) is 4.61. The van der Waals surface area contributed by atoms with Crippen molar-refractivity contribution in [1.82, 2.24) is 10.3 Å². The standard InChI is InChI=1S/C19H19ClN2O3S/c1-12(18(23)21-9-10-24-2)13-3-6-15(7-4-13)25-19-22-16-8-5-14(20)11-17(16)26-19/h3-8,11-12H,9-10H2,1-2H3,(H,21,23). The summed E-state index contributed by atoms with van der Waals surface area (Å²) in [6, 6.07) is 13.0. The molecule has 0 radical (unpaired) electrons. The topological polar surface area (TPSA) is 60.5 Å². The minimum atomic E-state index is -0.245. The van der Waals surface area contributed by atoms with Gasteiger partial charge in [-0.3, -0.25) is 4.79 Å². The first kappa shape index (κ1) is 18.6. The molecule has 26 heavy (non-hydrogen) atoms. The number of hydrogen-bond donors (Lipinski definition) is 1. The molecular weight excluding hydrogens is 372 g/mol. The van der Waals surface area contributed by atoms with Crippen LogP contribution in [0.5, 0.6) is 10.9 Å². The Morgan fingerprint density at radius 2 is 2.04 bits per heavy atom. The lowest BCUT2D eigenvalue weighted by Crippen LogP contribution is -2.30. The van der Waals surface area contributed by atoms with Crippen molar-refractivity contribution in [3.8, 4) is 10.9 Å². The van der Waals surface area contributed by atoms with Crippen molar-refractivity contribution in [1.29, 1.82) is 0 Å². The Hall–Kier alpha value is -2.15. The van der Waals surface area contributed by atoms with Crippen LogP contribution >= 0.6 is 22.9 Å². The molecule has 1 unspecified atom stereocenters. The number of ether oxygens (including phenoxy) is 2. The number of hydrogen-bond acceptors (Lipinski definition) is 5. The average Bonchev–Trinajstić information content (AvgIpc) is 3.03. The molecule has 2 aromatic carbocycles. The second-order valence-corrected chi connectivity index (χ2v) is 7.20. The van der Waals surface area contributed by atoms with Crippen LogP contribution in [0.15, 0.2) is 42.5 Å². The molecule has 3 rings (SSSR count). The number of carbonyl (C=O) groups excluding carboxylic acids is 1. The summed E-state index contributed by atoms with van der Waals surface area (Å²) in [5.74, 6) is 0.398. The molecule has 1 atom stereocenters. The lowest BCUT2D eigenvalue weighted by Gasteiger charge is -2.12. The van der Waals surface area contributed by atoms with Crippen molar-refractivity contribution in [2.45, 2.75) is 12.8 Å². The first-order chi connectivity index (χ1) is 12.6. The fourth-order valence-corrected chi connectivity index (χ4v) is 3.54. The molecule has 5 nitrogen and oxygen atoms in total. The molecule has 7 heteroatoms. The molecule has 1 heterocycles. The number of amides is 1. The second-order valence-electron chi connectivity index (χ2n) is 5.77. The summed E-state index contributed by atoms with van der Waals surface area (Å²) in [5.41, 5.74) is 1.77. The maximum atomic E-state index is 12.1. The van der Waals surface area contributed by atoms with Gasteiger partial charge in [-0.15, -0.1) is 0 Å². The second kappa shape index (κ2) is 8.49. The normalized spacial score (nSPS) is 12.1. The highest BCUT2D eigenvalue weighted by Crippen LogP contribution is 2.33. The van der Waals surface area contributed by atoms with E-state index in [9.17, 15) is 4.79 Å². The minimum absolute atomic E-state index is 0.0289. The van der Waals surface area contributed by atoms with Gasteiger partial charge in [0.2, 0.25) is 5.91 Å². The third-order valence-corrected chi connectivity index (χ3v) is 5.05. The zero-order valence-corrected chi connectivity index (χ0v) is 16.1. The van der Waals surface area contributed by atoms with Crippen LogP contribution in [0.3, 0.4) is 0 Å². The molecule has 0 saturated heterocycles. The fourth-order valence-electron chi connectivity index (χ4n) is 2.43. The van der Waals surface area contributed by atoms with E-state index in [-0.39, 0.29) is 11.8 Å². The van der Waals surface area contributed by atoms with E-state index in [0.717, 1.165) is 15.8 Å². The first-order valence-corrected chi connectivity index (χ1v) is 9.37. The minimum Gasteiger partial charge on any atom is -0.431 e. The molecule has 0 fully saturated rings. The molecule has 136 valence electrons. The summed E-state index contributed by atoms with van der Waals surface area (Å²) in [6.45, 7) is 2.87. The monoisotopic (exact) mass is 390 g/mol. The summed E-state index contributed by atoms with van der Waals surface area (Å²) >= 11 is 7.44. The molecular formula is C19H19ClN2O3S. The molecule has 0 aliphatic carbocycles. The van der Waals surface area contributed by atoms with Crippen LogP contribution < -0.4 is 10.1 Å². The average molecular weight is 391 g/mol. The highest BCUT2D eigenvalue weighted by atomic mass is 35.5. The van der Waals surface area contributed by atoms with Gasteiger partial charge >= 0.3 is 0 Å². The number of nitrogens with zero attached hydrogens (tertiary/aromatic N) is 1. The number of fused-ring (bicyclic) bond motifs is 1.